The second-order valence-electron chi connectivity index (χ2n) is 2.92. The highest BCUT2D eigenvalue weighted by Gasteiger charge is 2.44. The van der Waals surface area contributed by atoms with Crippen molar-refractivity contribution in [1.29, 1.82) is 0 Å². The highest BCUT2D eigenvalue weighted by Crippen LogP contribution is 2.10. The van der Waals surface area contributed by atoms with Gasteiger partial charge < -0.3 is 35.4 Å². The highest BCUT2D eigenvalue weighted by molar-refractivity contribution is 6.53. The van der Waals surface area contributed by atoms with Crippen LogP contribution < -0.4 is 0 Å². The average molecular weight is 302 g/mol. The largest absolute Gasteiger partial charge is 0.678 e. The van der Waals surface area contributed by atoms with Gasteiger partial charge in [0.25, 0.3) is 0 Å². The van der Waals surface area contributed by atoms with E-state index >= 15 is 0 Å². The SMILES string of the molecule is CO[Si](OC)(OC)OCCO[Si](OC)(OC)OC. The molecule has 0 aromatic heterocycles. The second kappa shape index (κ2) is 9.09. The molecule has 0 N–H and O–H groups in total. The van der Waals surface area contributed by atoms with Crippen molar-refractivity contribution in [2.75, 3.05) is 55.9 Å². The molecule has 0 amide bonds. The lowest BCUT2D eigenvalue weighted by Crippen LogP contribution is -2.49. The molecule has 0 fully saturated rings. The van der Waals surface area contributed by atoms with Gasteiger partial charge in [-0.25, -0.2) is 0 Å². The summed E-state index contributed by atoms with van der Waals surface area (Å²) in [6.07, 6.45) is 0. The maximum Gasteiger partial charge on any atom is 0.678 e. The van der Waals surface area contributed by atoms with Gasteiger partial charge in [0.2, 0.25) is 0 Å². The molecular formula is C8H22O8Si2. The van der Waals surface area contributed by atoms with Crippen LogP contribution in [0.15, 0.2) is 0 Å². The quantitative estimate of drug-likeness (QED) is 0.383. The molecule has 0 aliphatic carbocycles. The van der Waals surface area contributed by atoms with E-state index in [0.717, 1.165) is 0 Å². The Morgan fingerprint density at radius 3 is 0.889 bits per heavy atom. The molecule has 0 unspecified atom stereocenters. The van der Waals surface area contributed by atoms with E-state index in [4.69, 9.17) is 35.4 Å². The van der Waals surface area contributed by atoms with Gasteiger partial charge in [-0.1, -0.05) is 0 Å². The Kier molecular flexibility index (Phi) is 9.14. The Balaban J connectivity index is 4.11. The smallest absolute Gasteiger partial charge is 0.355 e. The molecule has 0 saturated carbocycles. The lowest BCUT2D eigenvalue weighted by Gasteiger charge is -2.25. The van der Waals surface area contributed by atoms with Crippen LogP contribution in [0.2, 0.25) is 0 Å². The van der Waals surface area contributed by atoms with Crippen LogP contribution >= 0.6 is 0 Å². The molecule has 0 heterocycles. The Bertz CT molecular complexity index is 171. The molecule has 0 atom stereocenters. The van der Waals surface area contributed by atoms with Crippen molar-refractivity contribution in [2.45, 2.75) is 0 Å². The minimum Gasteiger partial charge on any atom is -0.355 e. The van der Waals surface area contributed by atoms with Crippen LogP contribution in [0.1, 0.15) is 0 Å². The van der Waals surface area contributed by atoms with Gasteiger partial charge in [-0.3, -0.25) is 0 Å². The fraction of sp³-hybridized carbons (Fsp3) is 1.00. The predicted octanol–water partition coefficient (Wildman–Crippen LogP) is -0.231. The summed E-state index contributed by atoms with van der Waals surface area (Å²) in [5, 5.41) is 0. The average Bonchev–Trinajstić information content (AvgIpc) is 2.45. The van der Waals surface area contributed by atoms with E-state index < -0.39 is 18.1 Å². The van der Waals surface area contributed by atoms with Crippen LogP contribution in [-0.2, 0) is 35.4 Å². The van der Waals surface area contributed by atoms with E-state index in [9.17, 15) is 0 Å². The van der Waals surface area contributed by atoms with Crippen molar-refractivity contribution in [3.63, 3.8) is 0 Å². The molecule has 0 saturated heterocycles. The Labute approximate surface area is 110 Å². The second-order valence-corrected chi connectivity index (χ2v) is 7.95. The van der Waals surface area contributed by atoms with Crippen molar-refractivity contribution in [3.05, 3.63) is 0 Å². The monoisotopic (exact) mass is 302 g/mol. The third-order valence-corrected chi connectivity index (χ3v) is 6.26. The van der Waals surface area contributed by atoms with Gasteiger partial charge in [0, 0.05) is 42.7 Å². The van der Waals surface area contributed by atoms with E-state index in [1.54, 1.807) is 0 Å². The highest BCUT2D eigenvalue weighted by atomic mass is 28.4. The third kappa shape index (κ3) is 5.01. The van der Waals surface area contributed by atoms with Gasteiger partial charge in [-0.05, 0) is 0 Å². The van der Waals surface area contributed by atoms with Crippen LogP contribution in [0, 0.1) is 0 Å². The first kappa shape index (κ1) is 18.1. The van der Waals surface area contributed by atoms with Gasteiger partial charge in [0.15, 0.2) is 0 Å². The van der Waals surface area contributed by atoms with Gasteiger partial charge in [0.05, 0.1) is 13.2 Å². The third-order valence-electron chi connectivity index (χ3n) is 2.14. The topological polar surface area (TPSA) is 73.8 Å². The van der Waals surface area contributed by atoms with Crippen LogP contribution in [0.3, 0.4) is 0 Å². The molecular weight excluding hydrogens is 280 g/mol. The summed E-state index contributed by atoms with van der Waals surface area (Å²) >= 11 is 0. The van der Waals surface area contributed by atoms with Crippen molar-refractivity contribution >= 4 is 18.1 Å². The van der Waals surface area contributed by atoms with E-state index in [1.165, 1.54) is 42.7 Å². The van der Waals surface area contributed by atoms with E-state index in [0.29, 0.717) is 0 Å². The Hall–Kier alpha value is 0.114. The summed E-state index contributed by atoms with van der Waals surface area (Å²) < 4.78 is 41.3. The molecule has 0 aromatic carbocycles. The molecule has 0 spiro atoms. The van der Waals surface area contributed by atoms with Crippen LogP contribution in [0.25, 0.3) is 0 Å². The molecule has 18 heavy (non-hydrogen) atoms. The summed E-state index contributed by atoms with van der Waals surface area (Å²) in [6.45, 7) is 0.402. The molecule has 0 aromatic rings. The summed E-state index contributed by atoms with van der Waals surface area (Å²) in [6, 6.07) is 0. The normalized spacial score (nSPS) is 13.0. The lowest BCUT2D eigenvalue weighted by molar-refractivity contribution is -0.0284. The van der Waals surface area contributed by atoms with Gasteiger partial charge in [0.1, 0.15) is 0 Å². The molecule has 0 aliphatic heterocycles. The minimum atomic E-state index is -3.03. The fourth-order valence-corrected chi connectivity index (χ4v) is 3.56. The van der Waals surface area contributed by atoms with E-state index in [1.807, 2.05) is 0 Å². The molecule has 110 valence electrons. The molecule has 8 nitrogen and oxygen atoms in total. The molecule has 10 heteroatoms. The number of hydrogen-bond donors (Lipinski definition) is 0. The van der Waals surface area contributed by atoms with Gasteiger partial charge in [-0.2, -0.15) is 0 Å². The van der Waals surface area contributed by atoms with Crippen LogP contribution in [-0.4, -0.2) is 74.0 Å². The Morgan fingerprint density at radius 1 is 0.500 bits per heavy atom. The maximum absolute atomic E-state index is 5.41. The lowest BCUT2D eigenvalue weighted by atomic mass is 10.8. The standard InChI is InChI=1S/C8H22O8Si2/c1-9-17(10-2,11-3)15-7-8-16-18(12-4,13-5)14-6/h7-8H2,1-6H3. The summed E-state index contributed by atoms with van der Waals surface area (Å²) in [4.78, 5) is 0. The zero-order chi connectivity index (χ0) is 14.1. The molecule has 0 bridgehead atoms. The van der Waals surface area contributed by atoms with Crippen LogP contribution in [0.5, 0.6) is 0 Å². The first-order valence-corrected chi connectivity index (χ1v) is 8.43. The van der Waals surface area contributed by atoms with Crippen LogP contribution in [0.4, 0.5) is 0 Å². The van der Waals surface area contributed by atoms with Crippen molar-refractivity contribution in [1.82, 2.24) is 0 Å². The summed E-state index contributed by atoms with van der Waals surface area (Å²) in [7, 11) is 2.68. The van der Waals surface area contributed by atoms with Crippen molar-refractivity contribution in [2.24, 2.45) is 0 Å². The van der Waals surface area contributed by atoms with Gasteiger partial charge in [-0.15, -0.1) is 0 Å². The Morgan fingerprint density at radius 2 is 0.722 bits per heavy atom. The molecule has 0 aliphatic rings. The number of hydrogen-bond acceptors (Lipinski definition) is 8. The summed E-state index contributed by atoms with van der Waals surface area (Å²) in [5.41, 5.74) is 0. The predicted molar refractivity (Wildman–Crippen MR) is 65.5 cm³/mol. The van der Waals surface area contributed by atoms with Gasteiger partial charge >= 0.3 is 18.1 Å². The molecule has 0 rings (SSSR count). The first-order chi connectivity index (χ1) is 8.57. The fourth-order valence-electron chi connectivity index (χ4n) is 1.19. The van der Waals surface area contributed by atoms with Crippen molar-refractivity contribution < 1.29 is 35.4 Å². The van der Waals surface area contributed by atoms with E-state index in [2.05, 4.69) is 0 Å². The zero-order valence-corrected chi connectivity index (χ0v) is 13.7. The van der Waals surface area contributed by atoms with Crippen molar-refractivity contribution in [3.8, 4) is 0 Å². The maximum atomic E-state index is 5.41. The molecule has 0 radical (unpaired) electrons. The minimum absolute atomic E-state index is 0.201. The zero-order valence-electron chi connectivity index (χ0n) is 11.7. The first-order valence-electron chi connectivity index (χ1n) is 5.16. The van der Waals surface area contributed by atoms with E-state index in [-0.39, 0.29) is 13.2 Å². The summed E-state index contributed by atoms with van der Waals surface area (Å²) in [5.74, 6) is 0. The number of rotatable bonds is 11.